The van der Waals surface area contributed by atoms with E-state index >= 15 is 0 Å². The molecule has 146 valence electrons. The van der Waals surface area contributed by atoms with Crippen LogP contribution in [-0.4, -0.2) is 43.4 Å². The first-order chi connectivity index (χ1) is 12.8. The van der Waals surface area contributed by atoms with Gasteiger partial charge < -0.3 is 19.5 Å². The molecule has 1 aromatic carbocycles. The van der Waals surface area contributed by atoms with Crippen LogP contribution in [0.1, 0.15) is 42.1 Å². The lowest BCUT2D eigenvalue weighted by molar-refractivity contribution is -0.0615. The van der Waals surface area contributed by atoms with E-state index in [1.54, 1.807) is 14.2 Å². The Hall–Kier alpha value is -2.12. The van der Waals surface area contributed by atoms with E-state index in [-0.39, 0.29) is 17.6 Å². The van der Waals surface area contributed by atoms with Gasteiger partial charge in [-0.2, -0.15) is 0 Å². The van der Waals surface area contributed by atoms with Crippen LogP contribution in [0.25, 0.3) is 10.6 Å². The SMILES string of the molecule is COc1ccc(-c2nc(C)c(C(=O)N[C@H]3CCOC(C)(C)C3)s2)cc1OC. The van der Waals surface area contributed by atoms with Crippen molar-refractivity contribution >= 4 is 17.2 Å². The van der Waals surface area contributed by atoms with Crippen molar-refractivity contribution in [3.05, 3.63) is 28.8 Å². The molecule has 1 aromatic heterocycles. The number of amides is 1. The Morgan fingerprint density at radius 3 is 2.70 bits per heavy atom. The number of nitrogens with zero attached hydrogens (tertiary/aromatic N) is 1. The summed E-state index contributed by atoms with van der Waals surface area (Å²) >= 11 is 1.39. The predicted octanol–water partition coefficient (Wildman–Crippen LogP) is 3.82. The van der Waals surface area contributed by atoms with Crippen molar-refractivity contribution in [2.75, 3.05) is 20.8 Å². The van der Waals surface area contributed by atoms with E-state index in [0.29, 0.717) is 23.0 Å². The first-order valence-electron chi connectivity index (χ1n) is 8.97. The van der Waals surface area contributed by atoms with Crippen LogP contribution in [0, 0.1) is 6.92 Å². The largest absolute Gasteiger partial charge is 0.493 e. The molecule has 6 nitrogen and oxygen atoms in total. The summed E-state index contributed by atoms with van der Waals surface area (Å²) in [6.45, 7) is 6.64. The standard InChI is InChI=1S/C20H26N2O4S/c1-12-17(18(23)22-14-8-9-26-20(2,3)11-14)27-19(21-12)13-6-7-15(24-4)16(10-13)25-5/h6-7,10,14H,8-9,11H2,1-5H3,(H,22,23)/t14-/m0/s1. The zero-order valence-corrected chi connectivity index (χ0v) is 17.2. The van der Waals surface area contributed by atoms with Crippen molar-refractivity contribution in [2.24, 2.45) is 0 Å². The van der Waals surface area contributed by atoms with Crippen molar-refractivity contribution in [2.45, 2.75) is 45.3 Å². The monoisotopic (exact) mass is 390 g/mol. The van der Waals surface area contributed by atoms with Crippen LogP contribution in [0.4, 0.5) is 0 Å². The van der Waals surface area contributed by atoms with E-state index in [4.69, 9.17) is 14.2 Å². The van der Waals surface area contributed by atoms with Gasteiger partial charge in [0, 0.05) is 18.2 Å². The van der Waals surface area contributed by atoms with Gasteiger partial charge in [0.2, 0.25) is 0 Å². The van der Waals surface area contributed by atoms with Gasteiger partial charge in [-0.05, 0) is 51.8 Å². The molecule has 1 atom stereocenters. The van der Waals surface area contributed by atoms with Gasteiger partial charge in [0.25, 0.3) is 5.91 Å². The highest BCUT2D eigenvalue weighted by Gasteiger charge is 2.30. The third kappa shape index (κ3) is 4.42. The quantitative estimate of drug-likeness (QED) is 0.840. The Bertz CT molecular complexity index is 831. The van der Waals surface area contributed by atoms with Crippen LogP contribution in [0.15, 0.2) is 18.2 Å². The number of carbonyl (C=O) groups is 1. The van der Waals surface area contributed by atoms with Crippen LogP contribution in [0.5, 0.6) is 11.5 Å². The number of aryl methyl sites for hydroxylation is 1. The number of ether oxygens (including phenoxy) is 3. The molecular formula is C20H26N2O4S. The lowest BCUT2D eigenvalue weighted by atomic mass is 9.94. The number of nitrogens with one attached hydrogen (secondary N) is 1. The number of rotatable bonds is 5. The minimum absolute atomic E-state index is 0.0700. The molecule has 27 heavy (non-hydrogen) atoms. The molecule has 1 N–H and O–H groups in total. The van der Waals surface area contributed by atoms with E-state index in [2.05, 4.69) is 24.1 Å². The number of carbonyl (C=O) groups excluding carboxylic acids is 1. The normalized spacial score (nSPS) is 18.8. The molecule has 7 heteroatoms. The van der Waals surface area contributed by atoms with Gasteiger partial charge >= 0.3 is 0 Å². The first kappa shape index (κ1) is 19.6. The number of aromatic nitrogens is 1. The molecule has 0 bridgehead atoms. The van der Waals surface area contributed by atoms with Crippen molar-refractivity contribution in [3.8, 4) is 22.1 Å². The molecule has 3 rings (SSSR count). The lowest BCUT2D eigenvalue weighted by Gasteiger charge is -2.35. The van der Waals surface area contributed by atoms with Crippen LogP contribution in [-0.2, 0) is 4.74 Å². The molecule has 1 amide bonds. The van der Waals surface area contributed by atoms with Gasteiger partial charge in [-0.1, -0.05) is 0 Å². The smallest absolute Gasteiger partial charge is 0.263 e. The maximum Gasteiger partial charge on any atom is 0.263 e. The minimum Gasteiger partial charge on any atom is -0.493 e. The molecule has 1 aliphatic heterocycles. The molecular weight excluding hydrogens is 364 g/mol. The fourth-order valence-electron chi connectivity index (χ4n) is 3.31. The topological polar surface area (TPSA) is 69.7 Å². The van der Waals surface area contributed by atoms with E-state index < -0.39 is 0 Å². The molecule has 2 aromatic rings. The van der Waals surface area contributed by atoms with Gasteiger partial charge in [0.05, 0.1) is 25.5 Å². The third-order valence-electron chi connectivity index (χ3n) is 4.67. The average molecular weight is 391 g/mol. The molecule has 0 aliphatic carbocycles. The second kappa shape index (κ2) is 7.86. The molecule has 2 heterocycles. The Morgan fingerprint density at radius 2 is 2.04 bits per heavy atom. The highest BCUT2D eigenvalue weighted by molar-refractivity contribution is 7.17. The summed E-state index contributed by atoms with van der Waals surface area (Å²) < 4.78 is 16.4. The van der Waals surface area contributed by atoms with E-state index in [1.165, 1.54) is 11.3 Å². The molecule has 0 saturated carbocycles. The number of methoxy groups -OCH3 is 2. The summed E-state index contributed by atoms with van der Waals surface area (Å²) in [4.78, 5) is 18.0. The molecule has 0 spiro atoms. The second-order valence-electron chi connectivity index (χ2n) is 7.27. The van der Waals surface area contributed by atoms with Gasteiger partial charge in [0.15, 0.2) is 11.5 Å². The Balaban J connectivity index is 1.79. The minimum atomic E-state index is -0.205. The summed E-state index contributed by atoms with van der Waals surface area (Å²) in [5, 5.41) is 3.93. The zero-order chi connectivity index (χ0) is 19.6. The fourth-order valence-corrected chi connectivity index (χ4v) is 4.27. The zero-order valence-electron chi connectivity index (χ0n) is 16.4. The first-order valence-corrected chi connectivity index (χ1v) is 9.79. The summed E-state index contributed by atoms with van der Waals surface area (Å²) in [7, 11) is 3.20. The lowest BCUT2D eigenvalue weighted by Crippen LogP contribution is -2.45. The molecule has 1 fully saturated rings. The van der Waals surface area contributed by atoms with Crippen molar-refractivity contribution in [1.29, 1.82) is 0 Å². The average Bonchev–Trinajstić information content (AvgIpc) is 3.02. The van der Waals surface area contributed by atoms with Crippen LogP contribution in [0.3, 0.4) is 0 Å². The highest BCUT2D eigenvalue weighted by Crippen LogP contribution is 2.35. The molecule has 1 saturated heterocycles. The third-order valence-corrected chi connectivity index (χ3v) is 5.87. The van der Waals surface area contributed by atoms with Gasteiger partial charge in [-0.25, -0.2) is 4.98 Å². The molecule has 1 aliphatic rings. The summed E-state index contributed by atoms with van der Waals surface area (Å²) in [6, 6.07) is 5.75. The Morgan fingerprint density at radius 1 is 1.30 bits per heavy atom. The van der Waals surface area contributed by atoms with Crippen molar-refractivity contribution < 1.29 is 19.0 Å². The van der Waals surface area contributed by atoms with Gasteiger partial charge in [-0.15, -0.1) is 11.3 Å². The van der Waals surface area contributed by atoms with Crippen LogP contribution in [0.2, 0.25) is 0 Å². The van der Waals surface area contributed by atoms with E-state index in [9.17, 15) is 4.79 Å². The van der Waals surface area contributed by atoms with E-state index in [0.717, 1.165) is 29.1 Å². The van der Waals surface area contributed by atoms with Crippen LogP contribution >= 0.6 is 11.3 Å². The molecule has 0 radical (unpaired) electrons. The van der Waals surface area contributed by atoms with Gasteiger partial charge in [0.1, 0.15) is 9.88 Å². The highest BCUT2D eigenvalue weighted by atomic mass is 32.1. The Labute approximate surface area is 163 Å². The summed E-state index contributed by atoms with van der Waals surface area (Å²) in [6.07, 6.45) is 1.63. The summed E-state index contributed by atoms with van der Waals surface area (Å²) in [5.74, 6) is 1.23. The maximum atomic E-state index is 12.8. The summed E-state index contributed by atoms with van der Waals surface area (Å²) in [5.41, 5.74) is 1.42. The second-order valence-corrected chi connectivity index (χ2v) is 8.27. The number of hydrogen-bond acceptors (Lipinski definition) is 6. The van der Waals surface area contributed by atoms with E-state index in [1.807, 2.05) is 25.1 Å². The fraction of sp³-hybridized carbons (Fsp3) is 0.500. The number of benzene rings is 1. The van der Waals surface area contributed by atoms with Crippen LogP contribution < -0.4 is 14.8 Å². The van der Waals surface area contributed by atoms with Crippen molar-refractivity contribution in [3.63, 3.8) is 0 Å². The maximum absolute atomic E-state index is 12.8. The molecule has 0 unspecified atom stereocenters. The number of hydrogen-bond donors (Lipinski definition) is 1. The van der Waals surface area contributed by atoms with Gasteiger partial charge in [-0.3, -0.25) is 4.79 Å². The number of thiazole rings is 1. The van der Waals surface area contributed by atoms with Crippen molar-refractivity contribution in [1.82, 2.24) is 10.3 Å². The Kier molecular flexibility index (Phi) is 5.72. The predicted molar refractivity (Wildman–Crippen MR) is 106 cm³/mol.